The molecule has 1 unspecified atom stereocenters. The summed E-state index contributed by atoms with van der Waals surface area (Å²) in [5.41, 5.74) is 9.69. The van der Waals surface area contributed by atoms with Crippen molar-refractivity contribution in [2.75, 3.05) is 13.2 Å². The van der Waals surface area contributed by atoms with Crippen molar-refractivity contribution < 1.29 is 9.53 Å². The van der Waals surface area contributed by atoms with E-state index in [0.29, 0.717) is 19.1 Å². The lowest BCUT2D eigenvalue weighted by Crippen LogP contribution is -2.31. The SMILES string of the molecule is CC(C)c1ccc(C(N)CNC(=O)c2cc3c(s2)CCOC3)cc1.Cl. The molecule has 1 aliphatic heterocycles. The lowest BCUT2D eigenvalue weighted by Gasteiger charge is -2.14. The Balaban J connectivity index is 0.00000225. The molecule has 0 aliphatic carbocycles. The molecule has 1 atom stereocenters. The Labute approximate surface area is 159 Å². The lowest BCUT2D eigenvalue weighted by atomic mass is 9.99. The van der Waals surface area contributed by atoms with Crippen molar-refractivity contribution in [1.82, 2.24) is 5.32 Å². The number of ether oxygens (including phenoxy) is 1. The van der Waals surface area contributed by atoms with Crippen LogP contribution in [-0.4, -0.2) is 19.1 Å². The quantitative estimate of drug-likeness (QED) is 0.829. The van der Waals surface area contributed by atoms with Crippen LogP contribution in [0.3, 0.4) is 0 Å². The summed E-state index contributed by atoms with van der Waals surface area (Å²) in [6, 6.07) is 10.1. The molecule has 0 saturated heterocycles. The fourth-order valence-electron chi connectivity index (χ4n) is 2.79. The van der Waals surface area contributed by atoms with Gasteiger partial charge in [-0.15, -0.1) is 23.7 Å². The topological polar surface area (TPSA) is 64.3 Å². The second-order valence-corrected chi connectivity index (χ2v) is 7.64. The number of thiophene rings is 1. The first-order chi connectivity index (χ1) is 11.5. The first kappa shape index (κ1) is 19.9. The van der Waals surface area contributed by atoms with Gasteiger partial charge in [-0.1, -0.05) is 38.1 Å². The van der Waals surface area contributed by atoms with Crippen molar-refractivity contribution in [3.8, 4) is 0 Å². The highest BCUT2D eigenvalue weighted by atomic mass is 35.5. The van der Waals surface area contributed by atoms with E-state index in [0.717, 1.165) is 29.0 Å². The van der Waals surface area contributed by atoms with Crippen LogP contribution in [0.15, 0.2) is 30.3 Å². The number of nitrogens with two attached hydrogens (primary N) is 1. The Morgan fingerprint density at radius 1 is 1.28 bits per heavy atom. The number of hydrogen-bond donors (Lipinski definition) is 2. The number of nitrogens with one attached hydrogen (secondary N) is 1. The van der Waals surface area contributed by atoms with E-state index >= 15 is 0 Å². The van der Waals surface area contributed by atoms with E-state index in [-0.39, 0.29) is 24.4 Å². The fourth-order valence-corrected chi connectivity index (χ4v) is 3.86. The first-order valence-electron chi connectivity index (χ1n) is 8.37. The standard InChI is InChI=1S/C19H24N2O2S.ClH/c1-12(2)13-3-5-14(6-4-13)16(20)10-21-19(22)18-9-15-11-23-8-7-17(15)24-18;/h3-6,9,12,16H,7-8,10-11,20H2,1-2H3,(H,21,22);1H. The zero-order valence-corrected chi connectivity index (χ0v) is 16.2. The van der Waals surface area contributed by atoms with E-state index in [1.54, 1.807) is 11.3 Å². The summed E-state index contributed by atoms with van der Waals surface area (Å²) in [6.07, 6.45) is 0.898. The molecule has 4 nitrogen and oxygen atoms in total. The maximum absolute atomic E-state index is 12.3. The van der Waals surface area contributed by atoms with Gasteiger partial charge in [0.1, 0.15) is 0 Å². The molecular weight excluding hydrogens is 356 g/mol. The second kappa shape index (κ2) is 8.81. The maximum Gasteiger partial charge on any atom is 0.261 e. The van der Waals surface area contributed by atoms with Gasteiger partial charge in [0.15, 0.2) is 0 Å². The molecule has 1 aromatic carbocycles. The van der Waals surface area contributed by atoms with Crippen molar-refractivity contribution in [3.05, 3.63) is 56.8 Å². The Bertz CT molecular complexity index is 689. The van der Waals surface area contributed by atoms with Gasteiger partial charge in [-0.2, -0.15) is 0 Å². The molecule has 1 aliphatic rings. The highest BCUT2D eigenvalue weighted by Gasteiger charge is 2.18. The summed E-state index contributed by atoms with van der Waals surface area (Å²) in [5.74, 6) is 0.451. The molecule has 3 rings (SSSR count). The van der Waals surface area contributed by atoms with Crippen LogP contribution in [-0.2, 0) is 17.8 Å². The zero-order chi connectivity index (χ0) is 17.1. The molecule has 0 bridgehead atoms. The van der Waals surface area contributed by atoms with Gasteiger partial charge in [-0.3, -0.25) is 4.79 Å². The van der Waals surface area contributed by atoms with Crippen LogP contribution < -0.4 is 11.1 Å². The van der Waals surface area contributed by atoms with E-state index in [2.05, 4.69) is 31.3 Å². The van der Waals surface area contributed by atoms with Gasteiger partial charge in [0.25, 0.3) is 5.91 Å². The van der Waals surface area contributed by atoms with Gasteiger partial charge in [0.05, 0.1) is 18.1 Å². The number of amides is 1. The molecular formula is C19H25ClN2O2S. The summed E-state index contributed by atoms with van der Waals surface area (Å²) < 4.78 is 5.43. The van der Waals surface area contributed by atoms with Gasteiger partial charge < -0.3 is 15.8 Å². The summed E-state index contributed by atoms with van der Waals surface area (Å²) >= 11 is 1.56. The maximum atomic E-state index is 12.3. The summed E-state index contributed by atoms with van der Waals surface area (Å²) in [7, 11) is 0. The molecule has 6 heteroatoms. The van der Waals surface area contributed by atoms with Gasteiger partial charge >= 0.3 is 0 Å². The predicted octanol–water partition coefficient (Wildman–Crippen LogP) is 3.80. The van der Waals surface area contributed by atoms with Gasteiger partial charge in [0.2, 0.25) is 0 Å². The molecule has 136 valence electrons. The fraction of sp³-hybridized carbons (Fsp3) is 0.421. The molecule has 0 fully saturated rings. The minimum Gasteiger partial charge on any atom is -0.376 e. The monoisotopic (exact) mass is 380 g/mol. The average Bonchev–Trinajstić information content (AvgIpc) is 3.03. The Morgan fingerprint density at radius 3 is 2.60 bits per heavy atom. The van der Waals surface area contributed by atoms with Crippen LogP contribution in [0.25, 0.3) is 0 Å². The summed E-state index contributed by atoms with van der Waals surface area (Å²) in [6.45, 7) is 6.12. The van der Waals surface area contributed by atoms with E-state index in [9.17, 15) is 4.79 Å². The number of carbonyl (C=O) groups excluding carboxylic acids is 1. The van der Waals surface area contributed by atoms with Crippen LogP contribution in [0.4, 0.5) is 0 Å². The van der Waals surface area contributed by atoms with E-state index in [1.165, 1.54) is 10.4 Å². The molecule has 25 heavy (non-hydrogen) atoms. The average molecular weight is 381 g/mol. The van der Waals surface area contributed by atoms with Crippen molar-refractivity contribution in [2.24, 2.45) is 5.73 Å². The van der Waals surface area contributed by atoms with Crippen molar-refractivity contribution in [1.29, 1.82) is 0 Å². The first-order valence-corrected chi connectivity index (χ1v) is 9.19. The molecule has 1 aromatic heterocycles. The van der Waals surface area contributed by atoms with Crippen molar-refractivity contribution in [3.63, 3.8) is 0 Å². The smallest absolute Gasteiger partial charge is 0.261 e. The Kier molecular flexibility index (Phi) is 7.02. The highest BCUT2D eigenvalue weighted by Crippen LogP contribution is 2.27. The third-order valence-corrected chi connectivity index (χ3v) is 5.60. The molecule has 0 saturated carbocycles. The van der Waals surface area contributed by atoms with Crippen molar-refractivity contribution >= 4 is 29.7 Å². The number of rotatable bonds is 5. The molecule has 2 aromatic rings. The number of hydrogen-bond acceptors (Lipinski definition) is 4. The van der Waals surface area contributed by atoms with Crippen LogP contribution in [0.1, 0.15) is 57.0 Å². The van der Waals surface area contributed by atoms with Gasteiger partial charge in [0, 0.05) is 23.9 Å². The molecule has 1 amide bonds. The Hall–Kier alpha value is -1.40. The molecule has 2 heterocycles. The van der Waals surface area contributed by atoms with Crippen LogP contribution >= 0.6 is 23.7 Å². The summed E-state index contributed by atoms with van der Waals surface area (Å²) in [4.78, 5) is 14.4. The predicted molar refractivity (Wildman–Crippen MR) is 105 cm³/mol. The third-order valence-electron chi connectivity index (χ3n) is 4.37. The highest BCUT2D eigenvalue weighted by molar-refractivity contribution is 7.14. The normalized spacial score (nSPS) is 14.6. The zero-order valence-electron chi connectivity index (χ0n) is 14.6. The minimum absolute atomic E-state index is 0. The van der Waals surface area contributed by atoms with Crippen LogP contribution in [0, 0.1) is 0 Å². The number of halogens is 1. The third kappa shape index (κ3) is 4.82. The molecule has 3 N–H and O–H groups in total. The number of fused-ring (bicyclic) bond motifs is 1. The van der Waals surface area contributed by atoms with Gasteiger partial charge in [-0.05, 0) is 28.7 Å². The van der Waals surface area contributed by atoms with Crippen LogP contribution in [0.2, 0.25) is 0 Å². The van der Waals surface area contributed by atoms with Crippen molar-refractivity contribution in [2.45, 2.75) is 38.8 Å². The largest absolute Gasteiger partial charge is 0.376 e. The number of carbonyl (C=O) groups is 1. The lowest BCUT2D eigenvalue weighted by molar-refractivity contribution is 0.0954. The number of benzene rings is 1. The molecule has 0 radical (unpaired) electrons. The van der Waals surface area contributed by atoms with Crippen LogP contribution in [0.5, 0.6) is 0 Å². The van der Waals surface area contributed by atoms with E-state index in [1.807, 2.05) is 18.2 Å². The minimum atomic E-state index is -0.201. The molecule has 0 spiro atoms. The van der Waals surface area contributed by atoms with E-state index < -0.39 is 0 Å². The van der Waals surface area contributed by atoms with E-state index in [4.69, 9.17) is 10.5 Å². The summed E-state index contributed by atoms with van der Waals surface area (Å²) in [5, 5.41) is 2.95. The second-order valence-electron chi connectivity index (χ2n) is 6.50. The Morgan fingerprint density at radius 2 is 1.96 bits per heavy atom. The van der Waals surface area contributed by atoms with Gasteiger partial charge in [-0.25, -0.2) is 0 Å².